The molecule has 0 bridgehead atoms. The molecule has 22 heavy (non-hydrogen) atoms. The number of thiophene rings is 1. The Kier molecular flexibility index (Phi) is 4.02. The van der Waals surface area contributed by atoms with Crippen molar-refractivity contribution in [3.05, 3.63) is 57.0 Å². The van der Waals surface area contributed by atoms with Crippen molar-refractivity contribution >= 4 is 17.2 Å². The van der Waals surface area contributed by atoms with E-state index in [2.05, 4.69) is 5.32 Å². The molecule has 1 aromatic carbocycles. The van der Waals surface area contributed by atoms with Crippen LogP contribution in [0.2, 0.25) is 0 Å². The van der Waals surface area contributed by atoms with Crippen LogP contribution in [0.4, 0.5) is 4.39 Å². The molecule has 2 aromatic rings. The SMILES string of the molecule is CC(O)(CNC(=O)c1cc2c(s1)CCC2)c1ccc(F)cc1. The number of amides is 1. The van der Waals surface area contributed by atoms with Gasteiger partial charge in [0.15, 0.2) is 0 Å². The van der Waals surface area contributed by atoms with Crippen LogP contribution in [-0.4, -0.2) is 17.6 Å². The standard InChI is InChI=1S/C17H18FNO2S/c1-17(21,12-5-7-13(18)8-6-12)10-19-16(20)15-9-11-3-2-4-14(11)22-15/h5-9,21H,2-4,10H2,1H3,(H,19,20). The number of fused-ring (bicyclic) bond motifs is 1. The number of benzene rings is 1. The zero-order valence-electron chi connectivity index (χ0n) is 12.4. The van der Waals surface area contributed by atoms with Gasteiger partial charge in [-0.15, -0.1) is 11.3 Å². The Morgan fingerprint density at radius 3 is 2.77 bits per heavy atom. The van der Waals surface area contributed by atoms with Crippen LogP contribution >= 0.6 is 11.3 Å². The predicted molar refractivity (Wildman–Crippen MR) is 84.6 cm³/mol. The summed E-state index contributed by atoms with van der Waals surface area (Å²) < 4.78 is 12.9. The molecule has 1 atom stereocenters. The van der Waals surface area contributed by atoms with E-state index in [0.717, 1.165) is 12.8 Å². The van der Waals surface area contributed by atoms with Crippen LogP contribution in [0.3, 0.4) is 0 Å². The number of hydrogen-bond donors (Lipinski definition) is 2. The molecule has 0 saturated carbocycles. The predicted octanol–water partition coefficient (Wildman–Crippen LogP) is 3.01. The van der Waals surface area contributed by atoms with E-state index in [4.69, 9.17) is 0 Å². The maximum Gasteiger partial charge on any atom is 0.261 e. The Balaban J connectivity index is 1.65. The third-order valence-corrected chi connectivity index (χ3v) is 5.27. The molecular weight excluding hydrogens is 301 g/mol. The highest BCUT2D eigenvalue weighted by Gasteiger charge is 2.25. The van der Waals surface area contributed by atoms with Crippen LogP contribution in [0.15, 0.2) is 30.3 Å². The molecule has 1 aliphatic rings. The molecule has 0 spiro atoms. The number of hydrogen-bond acceptors (Lipinski definition) is 3. The fraction of sp³-hybridized carbons (Fsp3) is 0.353. The Morgan fingerprint density at radius 1 is 1.36 bits per heavy atom. The van der Waals surface area contributed by atoms with Gasteiger partial charge in [-0.3, -0.25) is 4.79 Å². The van der Waals surface area contributed by atoms with Gasteiger partial charge in [-0.2, -0.15) is 0 Å². The first kappa shape index (κ1) is 15.2. The number of halogens is 1. The van der Waals surface area contributed by atoms with Crippen molar-refractivity contribution in [2.45, 2.75) is 31.8 Å². The topological polar surface area (TPSA) is 49.3 Å². The summed E-state index contributed by atoms with van der Waals surface area (Å²) in [5.41, 5.74) is 0.618. The van der Waals surface area contributed by atoms with E-state index in [1.165, 1.54) is 52.5 Å². The van der Waals surface area contributed by atoms with Gasteiger partial charge in [0.25, 0.3) is 5.91 Å². The highest BCUT2D eigenvalue weighted by Crippen LogP contribution is 2.30. The molecular formula is C17H18FNO2S. The minimum atomic E-state index is -1.23. The summed E-state index contributed by atoms with van der Waals surface area (Å²) in [5.74, 6) is -0.515. The van der Waals surface area contributed by atoms with Gasteiger partial charge in [0, 0.05) is 4.88 Å². The second kappa shape index (κ2) is 5.82. The summed E-state index contributed by atoms with van der Waals surface area (Å²) in [6.45, 7) is 1.69. The molecule has 1 aromatic heterocycles. The largest absolute Gasteiger partial charge is 0.384 e. The minimum absolute atomic E-state index is 0.0834. The van der Waals surface area contributed by atoms with Gasteiger partial charge in [0.2, 0.25) is 0 Å². The van der Waals surface area contributed by atoms with E-state index in [9.17, 15) is 14.3 Å². The second-order valence-electron chi connectivity index (χ2n) is 5.88. The summed E-state index contributed by atoms with van der Waals surface area (Å²) in [7, 11) is 0. The third-order valence-electron chi connectivity index (χ3n) is 4.03. The van der Waals surface area contributed by atoms with Gasteiger partial charge in [0.1, 0.15) is 11.4 Å². The van der Waals surface area contributed by atoms with Gasteiger partial charge >= 0.3 is 0 Å². The molecule has 1 unspecified atom stereocenters. The van der Waals surface area contributed by atoms with E-state index in [1.807, 2.05) is 6.07 Å². The number of carbonyl (C=O) groups excluding carboxylic acids is 1. The Hall–Kier alpha value is -1.72. The Labute approximate surface area is 132 Å². The molecule has 116 valence electrons. The first-order chi connectivity index (χ1) is 10.5. The van der Waals surface area contributed by atoms with Crippen LogP contribution < -0.4 is 5.32 Å². The van der Waals surface area contributed by atoms with E-state index in [1.54, 1.807) is 6.92 Å². The molecule has 0 radical (unpaired) electrons. The van der Waals surface area contributed by atoms with E-state index in [0.29, 0.717) is 10.4 Å². The summed E-state index contributed by atoms with van der Waals surface area (Å²) in [4.78, 5) is 14.2. The molecule has 1 amide bonds. The fourth-order valence-electron chi connectivity index (χ4n) is 2.69. The second-order valence-corrected chi connectivity index (χ2v) is 7.01. The van der Waals surface area contributed by atoms with E-state index >= 15 is 0 Å². The minimum Gasteiger partial charge on any atom is -0.384 e. The summed E-state index contributed by atoms with van der Waals surface area (Å²) in [5, 5.41) is 13.2. The van der Waals surface area contributed by atoms with Gasteiger partial charge in [-0.1, -0.05) is 12.1 Å². The normalized spacial score (nSPS) is 16.1. The number of rotatable bonds is 4. The first-order valence-corrected chi connectivity index (χ1v) is 8.15. The number of aryl methyl sites for hydroxylation is 2. The number of nitrogens with one attached hydrogen (secondary N) is 1. The number of carbonyl (C=O) groups is 1. The maximum atomic E-state index is 12.9. The lowest BCUT2D eigenvalue weighted by Gasteiger charge is -2.24. The molecule has 1 aliphatic carbocycles. The lowest BCUT2D eigenvalue weighted by Crippen LogP contribution is -2.38. The highest BCUT2D eigenvalue weighted by molar-refractivity contribution is 7.14. The van der Waals surface area contributed by atoms with Crippen molar-refractivity contribution in [1.82, 2.24) is 5.32 Å². The van der Waals surface area contributed by atoms with Crippen molar-refractivity contribution in [2.75, 3.05) is 6.54 Å². The third kappa shape index (κ3) is 3.05. The van der Waals surface area contributed by atoms with Crippen molar-refractivity contribution in [3.63, 3.8) is 0 Å². The smallest absolute Gasteiger partial charge is 0.261 e. The lowest BCUT2D eigenvalue weighted by atomic mass is 9.96. The maximum absolute atomic E-state index is 12.9. The molecule has 0 saturated heterocycles. The molecule has 5 heteroatoms. The van der Waals surface area contributed by atoms with Gasteiger partial charge in [0.05, 0.1) is 11.4 Å². The van der Waals surface area contributed by atoms with Crippen LogP contribution in [0.5, 0.6) is 0 Å². The monoisotopic (exact) mass is 319 g/mol. The summed E-state index contributed by atoms with van der Waals surface area (Å²) in [6.07, 6.45) is 3.27. The average Bonchev–Trinajstić information content (AvgIpc) is 3.06. The van der Waals surface area contributed by atoms with E-state index in [-0.39, 0.29) is 18.3 Å². The van der Waals surface area contributed by atoms with Crippen LogP contribution in [0.25, 0.3) is 0 Å². The van der Waals surface area contributed by atoms with Crippen molar-refractivity contribution < 1.29 is 14.3 Å². The quantitative estimate of drug-likeness (QED) is 0.910. The molecule has 2 N–H and O–H groups in total. The van der Waals surface area contributed by atoms with E-state index < -0.39 is 5.60 Å². The highest BCUT2D eigenvalue weighted by atomic mass is 32.1. The first-order valence-electron chi connectivity index (χ1n) is 7.34. The Bertz CT molecular complexity index is 670. The van der Waals surface area contributed by atoms with Crippen molar-refractivity contribution in [3.8, 4) is 0 Å². The van der Waals surface area contributed by atoms with Crippen molar-refractivity contribution in [2.24, 2.45) is 0 Å². The van der Waals surface area contributed by atoms with Crippen LogP contribution in [-0.2, 0) is 18.4 Å². The van der Waals surface area contributed by atoms with Gasteiger partial charge in [-0.05, 0) is 55.5 Å². The summed E-state index contributed by atoms with van der Waals surface area (Å²) in [6, 6.07) is 7.61. The lowest BCUT2D eigenvalue weighted by molar-refractivity contribution is 0.0527. The molecule has 3 nitrogen and oxygen atoms in total. The number of aliphatic hydroxyl groups is 1. The molecule has 0 aliphatic heterocycles. The molecule has 1 heterocycles. The molecule has 3 rings (SSSR count). The Morgan fingerprint density at radius 2 is 2.09 bits per heavy atom. The average molecular weight is 319 g/mol. The summed E-state index contributed by atoms with van der Waals surface area (Å²) >= 11 is 1.54. The fourth-order valence-corrected chi connectivity index (χ4v) is 3.86. The zero-order chi connectivity index (χ0) is 15.7. The van der Waals surface area contributed by atoms with Gasteiger partial charge < -0.3 is 10.4 Å². The van der Waals surface area contributed by atoms with Crippen LogP contribution in [0.1, 0.15) is 39.0 Å². The van der Waals surface area contributed by atoms with Crippen LogP contribution in [0, 0.1) is 5.82 Å². The van der Waals surface area contributed by atoms with Gasteiger partial charge in [-0.25, -0.2) is 4.39 Å². The molecule has 0 fully saturated rings. The van der Waals surface area contributed by atoms with Crippen molar-refractivity contribution in [1.29, 1.82) is 0 Å². The zero-order valence-corrected chi connectivity index (χ0v) is 13.2.